The van der Waals surface area contributed by atoms with Gasteiger partial charge in [-0.25, -0.2) is 4.79 Å². The van der Waals surface area contributed by atoms with E-state index in [1.807, 2.05) is 19.1 Å². The Morgan fingerprint density at radius 2 is 1.50 bits per heavy atom. The van der Waals surface area contributed by atoms with Gasteiger partial charge in [-0.3, -0.25) is 0 Å². The maximum Gasteiger partial charge on any atom is 0.338 e. The van der Waals surface area contributed by atoms with Crippen molar-refractivity contribution in [3.63, 3.8) is 0 Å². The Labute approximate surface area is 158 Å². The lowest BCUT2D eigenvalue weighted by molar-refractivity contribution is -0.00993. The molecule has 1 aromatic rings. The van der Waals surface area contributed by atoms with E-state index in [0.717, 1.165) is 16.9 Å². The van der Waals surface area contributed by atoms with Crippen LogP contribution in [0.5, 0.6) is 5.75 Å². The van der Waals surface area contributed by atoms with Crippen LogP contribution in [0, 0.1) is 0 Å². The standard InChI is InChI=1S/C21H34O5/c1-9-25-19(22)15-12-16(20(2,3)4)18(17(13-15)21(5,6)7)26-14-24-11-10-23-8/h12-13H,9-11,14H2,1-8H3. The first-order chi connectivity index (χ1) is 12.0. The number of hydrogen-bond donors (Lipinski definition) is 0. The highest BCUT2D eigenvalue weighted by atomic mass is 16.7. The molecule has 0 spiro atoms. The van der Waals surface area contributed by atoms with Crippen molar-refractivity contribution in [1.82, 2.24) is 0 Å². The van der Waals surface area contributed by atoms with Gasteiger partial charge >= 0.3 is 5.97 Å². The van der Waals surface area contributed by atoms with Crippen LogP contribution in [0.3, 0.4) is 0 Å². The Morgan fingerprint density at radius 3 is 1.92 bits per heavy atom. The molecule has 0 amide bonds. The van der Waals surface area contributed by atoms with Crippen LogP contribution in [0.15, 0.2) is 12.1 Å². The van der Waals surface area contributed by atoms with Crippen molar-refractivity contribution >= 4 is 5.97 Å². The maximum atomic E-state index is 12.3. The van der Waals surface area contributed by atoms with E-state index in [-0.39, 0.29) is 23.6 Å². The molecule has 0 heterocycles. The highest BCUT2D eigenvalue weighted by Gasteiger charge is 2.29. The van der Waals surface area contributed by atoms with Crippen LogP contribution in [0.2, 0.25) is 0 Å². The fourth-order valence-electron chi connectivity index (χ4n) is 2.53. The molecule has 0 fully saturated rings. The first kappa shape index (κ1) is 22.5. The van der Waals surface area contributed by atoms with E-state index in [1.165, 1.54) is 0 Å². The predicted molar refractivity (Wildman–Crippen MR) is 103 cm³/mol. The Bertz CT molecular complexity index is 558. The van der Waals surface area contributed by atoms with Crippen LogP contribution in [0.1, 0.15) is 70.0 Å². The van der Waals surface area contributed by atoms with Gasteiger partial charge in [-0.05, 0) is 29.9 Å². The van der Waals surface area contributed by atoms with Gasteiger partial charge < -0.3 is 18.9 Å². The van der Waals surface area contributed by atoms with E-state index in [0.29, 0.717) is 25.4 Å². The number of carbonyl (C=O) groups is 1. The van der Waals surface area contributed by atoms with Gasteiger partial charge in [0.25, 0.3) is 0 Å². The minimum absolute atomic E-state index is 0.133. The summed E-state index contributed by atoms with van der Waals surface area (Å²) in [6.45, 7) is 15.9. The molecule has 0 unspecified atom stereocenters. The number of ether oxygens (including phenoxy) is 4. The van der Waals surface area contributed by atoms with Gasteiger partial charge in [0.2, 0.25) is 0 Å². The minimum Gasteiger partial charge on any atom is -0.467 e. The number of methoxy groups -OCH3 is 1. The zero-order valence-electron chi connectivity index (χ0n) is 17.5. The minimum atomic E-state index is -0.314. The fourth-order valence-corrected chi connectivity index (χ4v) is 2.53. The van der Waals surface area contributed by atoms with E-state index in [4.69, 9.17) is 18.9 Å². The number of hydrogen-bond acceptors (Lipinski definition) is 5. The number of rotatable bonds is 8. The lowest BCUT2D eigenvalue weighted by Gasteiger charge is -2.30. The van der Waals surface area contributed by atoms with E-state index in [2.05, 4.69) is 41.5 Å². The molecule has 0 bridgehead atoms. The van der Waals surface area contributed by atoms with Gasteiger partial charge in [-0.2, -0.15) is 0 Å². The summed E-state index contributed by atoms with van der Waals surface area (Å²) in [4.78, 5) is 12.3. The zero-order chi connectivity index (χ0) is 20.0. The first-order valence-corrected chi connectivity index (χ1v) is 9.08. The second kappa shape index (κ2) is 9.38. The van der Waals surface area contributed by atoms with Crippen molar-refractivity contribution in [1.29, 1.82) is 0 Å². The van der Waals surface area contributed by atoms with E-state index in [1.54, 1.807) is 7.11 Å². The molecular weight excluding hydrogens is 332 g/mol. The van der Waals surface area contributed by atoms with Gasteiger partial charge in [-0.15, -0.1) is 0 Å². The van der Waals surface area contributed by atoms with Crippen molar-refractivity contribution < 1.29 is 23.7 Å². The molecule has 0 atom stereocenters. The molecule has 148 valence electrons. The van der Waals surface area contributed by atoms with Crippen LogP contribution in [-0.4, -0.2) is 39.7 Å². The van der Waals surface area contributed by atoms with Crippen molar-refractivity contribution in [2.45, 2.75) is 59.3 Å². The van der Waals surface area contributed by atoms with Crippen molar-refractivity contribution in [2.75, 3.05) is 33.7 Å². The normalized spacial score (nSPS) is 12.2. The summed E-state index contributed by atoms with van der Waals surface area (Å²) in [5, 5.41) is 0. The van der Waals surface area contributed by atoms with Crippen LogP contribution in [0.4, 0.5) is 0 Å². The summed E-state index contributed by atoms with van der Waals surface area (Å²) >= 11 is 0. The Balaban J connectivity index is 3.36. The summed E-state index contributed by atoms with van der Waals surface area (Å²) < 4.78 is 21.7. The molecule has 0 aliphatic heterocycles. The second-order valence-electron chi connectivity index (χ2n) is 8.28. The highest BCUT2D eigenvalue weighted by molar-refractivity contribution is 5.90. The monoisotopic (exact) mass is 366 g/mol. The topological polar surface area (TPSA) is 54.0 Å². The van der Waals surface area contributed by atoms with Gasteiger partial charge in [0.15, 0.2) is 6.79 Å². The van der Waals surface area contributed by atoms with Gasteiger partial charge in [0.1, 0.15) is 5.75 Å². The molecular formula is C21H34O5. The smallest absolute Gasteiger partial charge is 0.338 e. The molecule has 0 aromatic heterocycles. The highest BCUT2D eigenvalue weighted by Crippen LogP contribution is 2.40. The van der Waals surface area contributed by atoms with Gasteiger partial charge in [-0.1, -0.05) is 41.5 Å². The maximum absolute atomic E-state index is 12.3. The Morgan fingerprint density at radius 1 is 0.962 bits per heavy atom. The first-order valence-electron chi connectivity index (χ1n) is 9.08. The van der Waals surface area contributed by atoms with E-state index >= 15 is 0 Å². The predicted octanol–water partition coefficient (Wildman–Crippen LogP) is 4.46. The molecule has 5 heteroatoms. The molecule has 26 heavy (non-hydrogen) atoms. The lowest BCUT2D eigenvalue weighted by atomic mass is 9.78. The lowest BCUT2D eigenvalue weighted by Crippen LogP contribution is -2.22. The molecule has 0 N–H and O–H groups in total. The summed E-state index contributed by atoms with van der Waals surface area (Å²) in [5.41, 5.74) is 2.07. The van der Waals surface area contributed by atoms with Gasteiger partial charge in [0, 0.05) is 18.2 Å². The molecule has 1 aromatic carbocycles. The van der Waals surface area contributed by atoms with Crippen LogP contribution >= 0.6 is 0 Å². The molecule has 1 rings (SSSR count). The second-order valence-corrected chi connectivity index (χ2v) is 8.28. The largest absolute Gasteiger partial charge is 0.467 e. The Hall–Kier alpha value is -1.59. The summed E-state index contributed by atoms with van der Waals surface area (Å²) in [7, 11) is 1.63. The third kappa shape index (κ3) is 6.29. The van der Waals surface area contributed by atoms with Crippen LogP contribution in [-0.2, 0) is 25.0 Å². The molecule has 0 radical (unpaired) electrons. The average molecular weight is 366 g/mol. The Kier molecular flexibility index (Phi) is 8.10. The van der Waals surface area contributed by atoms with Gasteiger partial charge in [0.05, 0.1) is 25.4 Å². The summed E-state index contributed by atoms with van der Waals surface area (Å²) in [6, 6.07) is 3.75. The molecule has 0 saturated heterocycles. The summed E-state index contributed by atoms with van der Waals surface area (Å²) in [6.07, 6.45) is 0. The van der Waals surface area contributed by atoms with Crippen molar-refractivity contribution in [3.05, 3.63) is 28.8 Å². The third-order valence-electron chi connectivity index (χ3n) is 3.93. The third-order valence-corrected chi connectivity index (χ3v) is 3.93. The molecule has 5 nitrogen and oxygen atoms in total. The van der Waals surface area contributed by atoms with Crippen LogP contribution in [0.25, 0.3) is 0 Å². The quantitative estimate of drug-likeness (QED) is 0.386. The van der Waals surface area contributed by atoms with Crippen LogP contribution < -0.4 is 4.74 Å². The average Bonchev–Trinajstić information content (AvgIpc) is 2.52. The summed E-state index contributed by atoms with van der Waals surface area (Å²) in [5.74, 6) is 0.460. The molecule has 0 aliphatic carbocycles. The van der Waals surface area contributed by atoms with E-state index in [9.17, 15) is 4.79 Å². The SMILES string of the molecule is CCOC(=O)c1cc(C(C)(C)C)c(OCOCCOC)c(C(C)(C)C)c1. The number of esters is 1. The number of benzene rings is 1. The molecule has 0 aliphatic rings. The van der Waals surface area contributed by atoms with Crippen molar-refractivity contribution in [3.8, 4) is 5.75 Å². The molecule has 0 saturated carbocycles. The van der Waals surface area contributed by atoms with Crippen molar-refractivity contribution in [2.24, 2.45) is 0 Å². The number of carbonyl (C=O) groups excluding carboxylic acids is 1. The van der Waals surface area contributed by atoms with E-state index < -0.39 is 0 Å². The zero-order valence-corrected chi connectivity index (χ0v) is 17.5. The fraction of sp³-hybridized carbons (Fsp3) is 0.667.